The zero-order valence-electron chi connectivity index (χ0n) is 16.9. The van der Waals surface area contributed by atoms with Gasteiger partial charge in [-0.25, -0.2) is 9.97 Å². The molecule has 0 bridgehead atoms. The molecule has 0 spiro atoms. The molecule has 1 atom stereocenters. The van der Waals surface area contributed by atoms with E-state index in [4.69, 9.17) is 14.7 Å². The summed E-state index contributed by atoms with van der Waals surface area (Å²) >= 11 is 0. The number of aromatic nitrogens is 2. The fourth-order valence-electron chi connectivity index (χ4n) is 3.46. The van der Waals surface area contributed by atoms with Gasteiger partial charge in [-0.05, 0) is 20.3 Å². The molecule has 28 heavy (non-hydrogen) atoms. The number of methoxy groups -OCH3 is 1. The van der Waals surface area contributed by atoms with Crippen molar-refractivity contribution in [2.75, 3.05) is 7.11 Å². The first kappa shape index (κ1) is 19.7. The van der Waals surface area contributed by atoms with E-state index in [9.17, 15) is 4.79 Å². The fraction of sp³-hybridized carbons (Fsp3) is 0.292. The number of carbonyl (C=O) groups is 1. The Balaban J connectivity index is 2.25. The monoisotopic (exact) mass is 374 g/mol. The molecule has 0 saturated heterocycles. The molecule has 0 aliphatic heterocycles. The molecule has 3 rings (SSSR count). The molecule has 3 aromatic rings. The van der Waals surface area contributed by atoms with Gasteiger partial charge in [0, 0.05) is 22.4 Å². The number of aryl methyl sites for hydroxylation is 2. The van der Waals surface area contributed by atoms with Crippen molar-refractivity contribution in [2.24, 2.45) is 0 Å². The predicted octanol–water partition coefficient (Wildman–Crippen LogP) is 5.48. The highest BCUT2D eigenvalue weighted by atomic mass is 16.5. The fourth-order valence-corrected chi connectivity index (χ4v) is 3.46. The highest BCUT2D eigenvalue weighted by Crippen LogP contribution is 2.35. The summed E-state index contributed by atoms with van der Waals surface area (Å²) < 4.78 is 5.10. The molecule has 0 fully saturated rings. The molecule has 2 aromatic carbocycles. The molecule has 0 saturated carbocycles. The van der Waals surface area contributed by atoms with Crippen molar-refractivity contribution in [3.63, 3.8) is 0 Å². The molecule has 0 amide bonds. The van der Waals surface area contributed by atoms with Crippen LogP contribution in [0.25, 0.3) is 22.6 Å². The maximum atomic E-state index is 12.6. The number of nitrogens with zero attached hydrogens (tertiary/aromatic N) is 2. The van der Waals surface area contributed by atoms with Crippen LogP contribution in [0.5, 0.6) is 0 Å². The maximum absolute atomic E-state index is 12.6. The predicted molar refractivity (Wildman–Crippen MR) is 112 cm³/mol. The van der Waals surface area contributed by atoms with Crippen molar-refractivity contribution in [3.05, 3.63) is 71.4 Å². The minimum Gasteiger partial charge on any atom is -0.469 e. The van der Waals surface area contributed by atoms with Crippen LogP contribution < -0.4 is 0 Å². The van der Waals surface area contributed by atoms with Crippen LogP contribution >= 0.6 is 0 Å². The summed E-state index contributed by atoms with van der Waals surface area (Å²) in [7, 11) is 1.44. The number of benzene rings is 2. The number of hydrogen-bond acceptors (Lipinski definition) is 4. The lowest BCUT2D eigenvalue weighted by molar-refractivity contribution is -0.142. The van der Waals surface area contributed by atoms with Crippen LogP contribution in [-0.2, 0) is 9.53 Å². The molecular weight excluding hydrogens is 348 g/mol. The zero-order chi connectivity index (χ0) is 20.1. The van der Waals surface area contributed by atoms with Crippen molar-refractivity contribution in [1.29, 1.82) is 0 Å². The molecule has 1 aromatic heterocycles. The third-order valence-electron chi connectivity index (χ3n) is 4.90. The van der Waals surface area contributed by atoms with Gasteiger partial charge in [-0.3, -0.25) is 4.79 Å². The average molecular weight is 374 g/mol. The first-order valence-electron chi connectivity index (χ1n) is 9.64. The topological polar surface area (TPSA) is 52.1 Å². The summed E-state index contributed by atoms with van der Waals surface area (Å²) in [5.41, 5.74) is 5.59. The number of carbonyl (C=O) groups excluding carboxylic acids is 1. The maximum Gasteiger partial charge on any atom is 0.313 e. The highest BCUT2D eigenvalue weighted by molar-refractivity contribution is 5.82. The van der Waals surface area contributed by atoms with Crippen LogP contribution in [0.15, 0.2) is 54.6 Å². The molecule has 0 aliphatic carbocycles. The van der Waals surface area contributed by atoms with E-state index >= 15 is 0 Å². The van der Waals surface area contributed by atoms with Crippen LogP contribution in [0.1, 0.15) is 42.5 Å². The van der Waals surface area contributed by atoms with Gasteiger partial charge in [-0.2, -0.15) is 0 Å². The molecule has 144 valence electrons. The molecule has 0 radical (unpaired) electrons. The first-order chi connectivity index (χ1) is 13.5. The lowest BCUT2D eigenvalue weighted by Gasteiger charge is -2.20. The second-order valence-electron chi connectivity index (χ2n) is 6.99. The molecular formula is C24H26N2O2. The van der Waals surface area contributed by atoms with Gasteiger partial charge in [-0.1, -0.05) is 73.5 Å². The Morgan fingerprint density at radius 2 is 1.64 bits per heavy atom. The summed E-state index contributed by atoms with van der Waals surface area (Å²) in [5.74, 6) is 0.0445. The molecule has 0 N–H and O–H groups in total. The summed E-state index contributed by atoms with van der Waals surface area (Å²) in [5, 5.41) is 0. The van der Waals surface area contributed by atoms with E-state index in [1.165, 1.54) is 12.7 Å². The van der Waals surface area contributed by atoms with Gasteiger partial charge in [0.15, 0.2) is 5.82 Å². The van der Waals surface area contributed by atoms with Crippen LogP contribution in [0, 0.1) is 13.8 Å². The number of hydrogen-bond donors (Lipinski definition) is 0. The summed E-state index contributed by atoms with van der Waals surface area (Å²) in [6.45, 7) is 6.07. The third kappa shape index (κ3) is 4.11. The van der Waals surface area contributed by atoms with E-state index in [0.29, 0.717) is 12.2 Å². The van der Waals surface area contributed by atoms with Crippen LogP contribution in [0.3, 0.4) is 0 Å². The molecule has 0 aliphatic rings. The van der Waals surface area contributed by atoms with Crippen molar-refractivity contribution >= 4 is 5.97 Å². The summed E-state index contributed by atoms with van der Waals surface area (Å²) in [6, 6.07) is 18.1. The van der Waals surface area contributed by atoms with E-state index in [2.05, 4.69) is 38.1 Å². The first-order valence-corrected chi connectivity index (χ1v) is 9.64. The number of ether oxygens (including phenoxy) is 1. The molecule has 1 unspecified atom stereocenters. The second kappa shape index (κ2) is 8.79. The van der Waals surface area contributed by atoms with Gasteiger partial charge in [0.05, 0.1) is 18.7 Å². The van der Waals surface area contributed by atoms with Gasteiger partial charge >= 0.3 is 5.97 Å². The van der Waals surface area contributed by atoms with Crippen molar-refractivity contribution in [2.45, 2.75) is 39.5 Å². The van der Waals surface area contributed by atoms with Gasteiger partial charge in [0.2, 0.25) is 0 Å². The molecule has 4 heteroatoms. The number of esters is 1. The Labute approximate surface area is 166 Å². The minimum atomic E-state index is -0.379. The number of rotatable bonds is 6. The van der Waals surface area contributed by atoms with E-state index in [1.54, 1.807) is 0 Å². The largest absolute Gasteiger partial charge is 0.469 e. The Morgan fingerprint density at radius 1 is 0.964 bits per heavy atom. The minimum absolute atomic E-state index is 0.241. The Bertz CT molecular complexity index is 950. The normalized spacial score (nSPS) is 11.9. The van der Waals surface area contributed by atoms with E-state index in [-0.39, 0.29) is 11.9 Å². The standard InChI is InChI=1S/C24H26N2O2/c1-5-9-20(24(27)28-4)21-17(3)25-23(19-10-7-6-8-11-19)26-22(21)18-14-12-16(2)13-15-18/h6-8,10-15,20H,5,9H2,1-4H3. The van der Waals surface area contributed by atoms with Crippen LogP contribution in [0.2, 0.25) is 0 Å². The molecule has 4 nitrogen and oxygen atoms in total. The quantitative estimate of drug-likeness (QED) is 0.536. The average Bonchev–Trinajstić information content (AvgIpc) is 2.72. The van der Waals surface area contributed by atoms with Gasteiger partial charge < -0.3 is 4.74 Å². The van der Waals surface area contributed by atoms with E-state index in [1.807, 2.05) is 37.3 Å². The van der Waals surface area contributed by atoms with Gasteiger partial charge in [0.25, 0.3) is 0 Å². The van der Waals surface area contributed by atoms with Crippen molar-refractivity contribution < 1.29 is 9.53 Å². The Kier molecular flexibility index (Phi) is 6.19. The van der Waals surface area contributed by atoms with Gasteiger partial charge in [-0.15, -0.1) is 0 Å². The summed E-state index contributed by atoms with van der Waals surface area (Å²) in [6.07, 6.45) is 1.56. The zero-order valence-corrected chi connectivity index (χ0v) is 16.9. The Hall–Kier alpha value is -3.01. The lowest BCUT2D eigenvalue weighted by Crippen LogP contribution is -2.18. The highest BCUT2D eigenvalue weighted by Gasteiger charge is 2.28. The third-order valence-corrected chi connectivity index (χ3v) is 4.90. The SMILES string of the molecule is CCCC(C(=O)OC)c1c(C)nc(-c2ccccc2)nc1-c1ccc(C)cc1. The second-order valence-corrected chi connectivity index (χ2v) is 6.99. The Morgan fingerprint density at radius 3 is 2.25 bits per heavy atom. The van der Waals surface area contributed by atoms with E-state index in [0.717, 1.165) is 34.5 Å². The smallest absolute Gasteiger partial charge is 0.313 e. The van der Waals surface area contributed by atoms with Crippen LogP contribution in [0.4, 0.5) is 0 Å². The van der Waals surface area contributed by atoms with Crippen molar-refractivity contribution in [3.8, 4) is 22.6 Å². The molecule has 1 heterocycles. The summed E-state index contributed by atoms with van der Waals surface area (Å²) in [4.78, 5) is 22.2. The van der Waals surface area contributed by atoms with Crippen molar-refractivity contribution in [1.82, 2.24) is 9.97 Å². The van der Waals surface area contributed by atoms with E-state index < -0.39 is 0 Å². The van der Waals surface area contributed by atoms with Gasteiger partial charge in [0.1, 0.15) is 0 Å². The lowest BCUT2D eigenvalue weighted by atomic mass is 9.89. The van der Waals surface area contributed by atoms with Crippen LogP contribution in [-0.4, -0.2) is 23.0 Å².